The summed E-state index contributed by atoms with van der Waals surface area (Å²) < 4.78 is 26.1. The molecule has 2 atom stereocenters. The molecule has 22 heavy (non-hydrogen) atoms. The van der Waals surface area contributed by atoms with Gasteiger partial charge in [-0.15, -0.1) is 12.4 Å². The van der Waals surface area contributed by atoms with Gasteiger partial charge in [0.2, 0.25) is 15.9 Å². The molecule has 0 saturated heterocycles. The number of amides is 1. The second kappa shape index (κ2) is 7.41. The van der Waals surface area contributed by atoms with Gasteiger partial charge in [0, 0.05) is 17.6 Å². The lowest BCUT2D eigenvalue weighted by molar-refractivity contribution is -0.119. The van der Waals surface area contributed by atoms with Crippen LogP contribution in [-0.2, 0) is 14.8 Å². The molecule has 0 heterocycles. The highest BCUT2D eigenvalue weighted by Gasteiger charge is 2.28. The quantitative estimate of drug-likeness (QED) is 0.766. The number of nitrogens with two attached hydrogens (primary N) is 1. The molecule has 0 radical (unpaired) electrons. The Labute approximate surface area is 137 Å². The Hall–Kier alpha value is -1.15. The zero-order chi connectivity index (χ0) is 15.6. The average Bonchev–Trinajstić information content (AvgIpc) is 2.87. The Morgan fingerprint density at radius 2 is 2.00 bits per heavy atom. The van der Waals surface area contributed by atoms with E-state index in [0.717, 1.165) is 12.8 Å². The van der Waals surface area contributed by atoms with Gasteiger partial charge in [-0.25, -0.2) is 13.1 Å². The van der Waals surface area contributed by atoms with Gasteiger partial charge < -0.3 is 11.1 Å². The van der Waals surface area contributed by atoms with Crippen LogP contribution in [-0.4, -0.2) is 27.4 Å². The fraction of sp³-hybridized carbons (Fsp3) is 0.500. The molecule has 0 aromatic heterocycles. The summed E-state index contributed by atoms with van der Waals surface area (Å²) in [4.78, 5) is 12.4. The van der Waals surface area contributed by atoms with Gasteiger partial charge in [-0.3, -0.25) is 4.79 Å². The molecule has 8 heteroatoms. The first kappa shape index (κ1) is 18.9. The Kier molecular flexibility index (Phi) is 6.37. The van der Waals surface area contributed by atoms with E-state index in [-0.39, 0.29) is 35.2 Å². The van der Waals surface area contributed by atoms with Crippen molar-refractivity contribution in [1.29, 1.82) is 0 Å². The van der Waals surface area contributed by atoms with Crippen molar-refractivity contribution in [3.05, 3.63) is 23.8 Å². The lowest BCUT2D eigenvalue weighted by atomic mass is 10.1. The normalized spacial score (nSPS) is 21.2. The van der Waals surface area contributed by atoms with Gasteiger partial charge in [-0.1, -0.05) is 6.07 Å². The molecule has 124 valence electrons. The van der Waals surface area contributed by atoms with Crippen LogP contribution in [0.1, 0.15) is 24.8 Å². The lowest BCUT2D eigenvalue weighted by Crippen LogP contribution is -2.24. The zero-order valence-corrected chi connectivity index (χ0v) is 14.3. The van der Waals surface area contributed by atoms with E-state index in [0.29, 0.717) is 17.7 Å². The average molecular weight is 348 g/mol. The molecular weight excluding hydrogens is 326 g/mol. The second-order valence-corrected chi connectivity index (χ2v) is 7.25. The summed E-state index contributed by atoms with van der Waals surface area (Å²) in [6.45, 7) is 1.68. The first-order valence-corrected chi connectivity index (χ1v) is 8.43. The maximum absolute atomic E-state index is 12.2. The Morgan fingerprint density at radius 3 is 2.55 bits per heavy atom. The molecule has 1 aromatic rings. The van der Waals surface area contributed by atoms with Gasteiger partial charge in [0.25, 0.3) is 0 Å². The van der Waals surface area contributed by atoms with Crippen LogP contribution >= 0.6 is 12.4 Å². The van der Waals surface area contributed by atoms with E-state index in [1.54, 1.807) is 19.1 Å². The first-order chi connectivity index (χ1) is 9.85. The van der Waals surface area contributed by atoms with E-state index in [1.165, 1.54) is 13.1 Å². The van der Waals surface area contributed by atoms with Gasteiger partial charge in [-0.2, -0.15) is 0 Å². The monoisotopic (exact) mass is 347 g/mol. The third kappa shape index (κ3) is 3.98. The SMILES string of the molecule is CNS(=O)(=O)c1cccc(NC(=O)C2CCC(N)C2)c1C.Cl. The first-order valence-electron chi connectivity index (χ1n) is 6.94. The molecule has 1 saturated carbocycles. The van der Waals surface area contributed by atoms with Crippen molar-refractivity contribution in [3.8, 4) is 0 Å². The van der Waals surface area contributed by atoms with Crippen LogP contribution in [0.25, 0.3) is 0 Å². The van der Waals surface area contributed by atoms with Crippen LogP contribution in [0.2, 0.25) is 0 Å². The number of hydrogen-bond acceptors (Lipinski definition) is 4. The minimum absolute atomic E-state index is 0. The smallest absolute Gasteiger partial charge is 0.240 e. The van der Waals surface area contributed by atoms with Gasteiger partial charge in [0.1, 0.15) is 0 Å². The van der Waals surface area contributed by atoms with E-state index in [1.807, 2.05) is 0 Å². The molecule has 1 fully saturated rings. The van der Waals surface area contributed by atoms with Crippen molar-refractivity contribution in [2.75, 3.05) is 12.4 Å². The Balaban J connectivity index is 0.00000242. The van der Waals surface area contributed by atoms with Crippen molar-refractivity contribution in [3.63, 3.8) is 0 Å². The predicted molar refractivity (Wildman–Crippen MR) is 88.6 cm³/mol. The minimum atomic E-state index is -3.54. The molecule has 1 amide bonds. The largest absolute Gasteiger partial charge is 0.328 e. The van der Waals surface area contributed by atoms with Crippen LogP contribution in [0, 0.1) is 12.8 Å². The van der Waals surface area contributed by atoms with Crippen LogP contribution < -0.4 is 15.8 Å². The highest BCUT2D eigenvalue weighted by Crippen LogP contribution is 2.27. The van der Waals surface area contributed by atoms with E-state index in [2.05, 4.69) is 10.0 Å². The van der Waals surface area contributed by atoms with Crippen molar-refractivity contribution in [1.82, 2.24) is 4.72 Å². The van der Waals surface area contributed by atoms with Crippen LogP contribution in [0.4, 0.5) is 5.69 Å². The molecule has 4 N–H and O–H groups in total. The number of nitrogens with one attached hydrogen (secondary N) is 2. The summed E-state index contributed by atoms with van der Waals surface area (Å²) in [6.07, 6.45) is 2.31. The molecule has 2 unspecified atom stereocenters. The number of hydrogen-bond donors (Lipinski definition) is 3. The van der Waals surface area contributed by atoms with Crippen LogP contribution in [0.5, 0.6) is 0 Å². The summed E-state index contributed by atoms with van der Waals surface area (Å²) in [7, 11) is -2.18. The minimum Gasteiger partial charge on any atom is -0.328 e. The van der Waals surface area contributed by atoms with Crippen molar-refractivity contribution < 1.29 is 13.2 Å². The van der Waals surface area contributed by atoms with Gasteiger partial charge >= 0.3 is 0 Å². The summed E-state index contributed by atoms with van der Waals surface area (Å²) in [5.74, 6) is -0.186. The van der Waals surface area contributed by atoms with E-state index in [4.69, 9.17) is 5.73 Å². The van der Waals surface area contributed by atoms with Gasteiger partial charge in [0.15, 0.2) is 0 Å². The maximum atomic E-state index is 12.2. The molecule has 1 aliphatic rings. The highest BCUT2D eigenvalue weighted by atomic mass is 35.5. The van der Waals surface area contributed by atoms with E-state index >= 15 is 0 Å². The lowest BCUT2D eigenvalue weighted by Gasteiger charge is -2.15. The molecule has 1 aliphatic carbocycles. The zero-order valence-electron chi connectivity index (χ0n) is 12.6. The van der Waals surface area contributed by atoms with Crippen molar-refractivity contribution >= 4 is 34.0 Å². The number of anilines is 1. The molecule has 0 bridgehead atoms. The second-order valence-electron chi connectivity index (χ2n) is 5.40. The summed E-state index contributed by atoms with van der Waals surface area (Å²) in [5, 5.41) is 2.82. The van der Waals surface area contributed by atoms with Crippen LogP contribution in [0.15, 0.2) is 23.1 Å². The molecule has 0 spiro atoms. The highest BCUT2D eigenvalue weighted by molar-refractivity contribution is 7.89. The Morgan fingerprint density at radius 1 is 1.32 bits per heavy atom. The number of sulfonamides is 1. The number of carbonyl (C=O) groups is 1. The van der Waals surface area contributed by atoms with Gasteiger partial charge in [0.05, 0.1) is 4.90 Å². The third-order valence-electron chi connectivity index (χ3n) is 3.94. The van der Waals surface area contributed by atoms with Crippen molar-refractivity contribution in [2.24, 2.45) is 11.7 Å². The molecule has 2 rings (SSSR count). The van der Waals surface area contributed by atoms with Crippen molar-refractivity contribution in [2.45, 2.75) is 37.1 Å². The summed E-state index contributed by atoms with van der Waals surface area (Å²) >= 11 is 0. The molecular formula is C14H22ClN3O3S. The standard InChI is InChI=1S/C14H21N3O3S.ClH/c1-9-12(4-3-5-13(9)21(19,20)16-2)17-14(18)10-6-7-11(15)8-10;/h3-5,10-11,16H,6-8,15H2,1-2H3,(H,17,18);1H. The van der Waals surface area contributed by atoms with Crippen LogP contribution in [0.3, 0.4) is 0 Å². The summed E-state index contributed by atoms with van der Waals surface area (Å²) in [6, 6.07) is 4.92. The van der Waals surface area contributed by atoms with E-state index < -0.39 is 10.0 Å². The fourth-order valence-corrected chi connectivity index (χ4v) is 3.63. The molecule has 1 aromatic carbocycles. The number of rotatable bonds is 4. The Bertz CT molecular complexity index is 649. The van der Waals surface area contributed by atoms with E-state index in [9.17, 15) is 13.2 Å². The van der Waals surface area contributed by atoms with Gasteiger partial charge in [-0.05, 0) is 50.9 Å². The topological polar surface area (TPSA) is 101 Å². The molecule has 0 aliphatic heterocycles. The predicted octanol–water partition coefficient (Wildman–Crippen LogP) is 1.39. The fourth-order valence-electron chi connectivity index (χ4n) is 2.64. The maximum Gasteiger partial charge on any atom is 0.240 e. The third-order valence-corrected chi connectivity index (χ3v) is 5.50. The number of halogens is 1. The number of benzene rings is 1. The molecule has 6 nitrogen and oxygen atoms in total. The number of carbonyl (C=O) groups excluding carboxylic acids is 1. The summed E-state index contributed by atoms with van der Waals surface area (Å²) in [5.41, 5.74) is 6.87.